The highest BCUT2D eigenvalue weighted by molar-refractivity contribution is 6.13. The lowest BCUT2D eigenvalue weighted by atomic mass is 9.97. The minimum Gasteiger partial charge on any atom is -0.456 e. The van der Waals surface area contributed by atoms with Crippen LogP contribution in [0.2, 0.25) is 0 Å². The molecule has 0 fully saturated rings. The van der Waals surface area contributed by atoms with Crippen LogP contribution in [0.1, 0.15) is 0 Å². The van der Waals surface area contributed by atoms with E-state index in [9.17, 15) is 0 Å². The highest BCUT2D eigenvalue weighted by Gasteiger charge is 2.18. The molecule has 2 aromatic heterocycles. The number of furan rings is 1. The van der Waals surface area contributed by atoms with Crippen molar-refractivity contribution in [2.75, 3.05) is 4.90 Å². The quantitative estimate of drug-likeness (QED) is 0.153. The van der Waals surface area contributed by atoms with Crippen molar-refractivity contribution in [1.29, 1.82) is 0 Å². The van der Waals surface area contributed by atoms with Gasteiger partial charge in [0.1, 0.15) is 11.2 Å². The third-order valence-electron chi connectivity index (χ3n) is 12.4. The van der Waals surface area contributed by atoms with Gasteiger partial charge in [0.25, 0.3) is 0 Å². The maximum Gasteiger partial charge on any atom is 0.136 e. The van der Waals surface area contributed by atoms with E-state index in [4.69, 9.17) is 4.42 Å². The molecule has 0 saturated heterocycles. The van der Waals surface area contributed by atoms with Crippen LogP contribution in [0, 0.1) is 0 Å². The van der Waals surface area contributed by atoms with Gasteiger partial charge in [-0.2, -0.15) is 0 Å². The lowest BCUT2D eigenvalue weighted by Crippen LogP contribution is -2.10. The van der Waals surface area contributed by atoms with E-state index in [-0.39, 0.29) is 0 Å². The Balaban J connectivity index is 0.947. The van der Waals surface area contributed by atoms with E-state index in [2.05, 4.69) is 240 Å². The van der Waals surface area contributed by atoms with Crippen molar-refractivity contribution < 1.29 is 4.42 Å². The normalized spacial score (nSPS) is 11.5. The average Bonchev–Trinajstić information content (AvgIpc) is 3.91. The van der Waals surface area contributed by atoms with Gasteiger partial charge in [0, 0.05) is 44.3 Å². The van der Waals surface area contributed by atoms with Crippen molar-refractivity contribution in [3.05, 3.63) is 243 Å². The first kappa shape index (κ1) is 36.5. The topological polar surface area (TPSA) is 21.3 Å². The second-order valence-electron chi connectivity index (χ2n) is 16.1. The van der Waals surface area contributed by atoms with Gasteiger partial charge >= 0.3 is 0 Å². The van der Waals surface area contributed by atoms with Gasteiger partial charge in [-0.25, -0.2) is 0 Å². The zero-order valence-electron chi connectivity index (χ0n) is 34.4. The van der Waals surface area contributed by atoms with Crippen LogP contribution in [-0.2, 0) is 0 Å². The third kappa shape index (κ3) is 6.46. The van der Waals surface area contributed by atoms with Gasteiger partial charge in [0.15, 0.2) is 0 Å². The summed E-state index contributed by atoms with van der Waals surface area (Å²) >= 11 is 0. The van der Waals surface area contributed by atoms with Gasteiger partial charge < -0.3 is 13.9 Å². The van der Waals surface area contributed by atoms with Gasteiger partial charge in [-0.3, -0.25) is 0 Å². The third-order valence-corrected chi connectivity index (χ3v) is 12.4. The van der Waals surface area contributed by atoms with E-state index in [1.807, 2.05) is 12.1 Å². The Hall–Kier alpha value is -8.40. The molecule has 63 heavy (non-hydrogen) atoms. The van der Waals surface area contributed by atoms with Crippen LogP contribution in [0.25, 0.3) is 93.9 Å². The van der Waals surface area contributed by atoms with E-state index in [1.165, 1.54) is 44.1 Å². The summed E-state index contributed by atoms with van der Waals surface area (Å²) in [6, 6.07) is 87.1. The van der Waals surface area contributed by atoms with E-state index in [0.717, 1.165) is 66.9 Å². The molecule has 12 aromatic rings. The number of nitrogens with zero attached hydrogens (tertiary/aromatic N) is 2. The molecule has 0 aliphatic carbocycles. The second kappa shape index (κ2) is 15.3. The summed E-state index contributed by atoms with van der Waals surface area (Å²) < 4.78 is 8.68. The largest absolute Gasteiger partial charge is 0.456 e. The Morgan fingerprint density at radius 2 is 0.778 bits per heavy atom. The highest BCUT2D eigenvalue weighted by Crippen LogP contribution is 2.42. The number of rotatable bonds is 8. The van der Waals surface area contributed by atoms with Crippen molar-refractivity contribution >= 4 is 60.8 Å². The first-order valence-electron chi connectivity index (χ1n) is 21.5. The number of aromatic nitrogens is 1. The first-order chi connectivity index (χ1) is 31.2. The van der Waals surface area contributed by atoms with E-state index < -0.39 is 0 Å². The number of benzene rings is 10. The molecule has 0 amide bonds. The van der Waals surface area contributed by atoms with Crippen molar-refractivity contribution in [3.8, 4) is 50.2 Å². The molecule has 0 aliphatic heterocycles. The number of hydrogen-bond acceptors (Lipinski definition) is 2. The zero-order valence-corrected chi connectivity index (χ0v) is 34.4. The molecule has 0 atom stereocenters. The molecule has 2 heterocycles. The molecule has 0 aliphatic rings. The van der Waals surface area contributed by atoms with Gasteiger partial charge in [-0.1, -0.05) is 164 Å². The lowest BCUT2D eigenvalue weighted by molar-refractivity contribution is 0.669. The van der Waals surface area contributed by atoms with Crippen LogP contribution in [0.3, 0.4) is 0 Å². The number of anilines is 3. The number of hydrogen-bond donors (Lipinski definition) is 0. The summed E-state index contributed by atoms with van der Waals surface area (Å²) in [4.78, 5) is 2.37. The lowest BCUT2D eigenvalue weighted by Gasteiger charge is -2.27. The van der Waals surface area contributed by atoms with Gasteiger partial charge in [-0.15, -0.1) is 0 Å². The summed E-state index contributed by atoms with van der Waals surface area (Å²) in [5.74, 6) is 0. The summed E-state index contributed by atoms with van der Waals surface area (Å²) in [6.07, 6.45) is 0. The second-order valence-corrected chi connectivity index (χ2v) is 16.1. The molecule has 12 rings (SSSR count). The molecule has 0 N–H and O–H groups in total. The van der Waals surface area contributed by atoms with E-state index in [1.54, 1.807) is 0 Å². The fraction of sp³-hybridized carbons (Fsp3) is 0. The van der Waals surface area contributed by atoms with Crippen LogP contribution in [0.4, 0.5) is 17.1 Å². The number of fused-ring (bicyclic) bond motifs is 6. The molecule has 0 saturated carbocycles. The highest BCUT2D eigenvalue weighted by atomic mass is 16.3. The summed E-state index contributed by atoms with van der Waals surface area (Å²) in [5, 5.41) is 4.78. The Morgan fingerprint density at radius 3 is 1.48 bits per heavy atom. The van der Waals surface area contributed by atoms with Crippen LogP contribution in [0.15, 0.2) is 247 Å². The minimum atomic E-state index is 0.889. The molecular weight excluding hydrogens is 765 g/mol. The summed E-state index contributed by atoms with van der Waals surface area (Å²) in [7, 11) is 0. The van der Waals surface area contributed by atoms with E-state index in [0.29, 0.717) is 0 Å². The van der Waals surface area contributed by atoms with Gasteiger partial charge in [0.05, 0.1) is 11.0 Å². The van der Waals surface area contributed by atoms with Crippen molar-refractivity contribution in [1.82, 2.24) is 4.57 Å². The monoisotopic (exact) mass is 804 g/mol. The molecule has 3 nitrogen and oxygen atoms in total. The smallest absolute Gasteiger partial charge is 0.136 e. The van der Waals surface area contributed by atoms with Crippen LogP contribution < -0.4 is 4.90 Å². The fourth-order valence-corrected chi connectivity index (χ4v) is 9.42. The predicted molar refractivity (Wildman–Crippen MR) is 264 cm³/mol. The number of para-hydroxylation sites is 3. The van der Waals surface area contributed by atoms with Crippen molar-refractivity contribution in [2.24, 2.45) is 0 Å². The Kier molecular flexibility index (Phi) is 8.83. The van der Waals surface area contributed by atoms with E-state index >= 15 is 0 Å². The maximum absolute atomic E-state index is 6.32. The predicted octanol–water partition coefficient (Wildman–Crippen LogP) is 16.8. The summed E-state index contributed by atoms with van der Waals surface area (Å²) in [6.45, 7) is 0. The van der Waals surface area contributed by atoms with Gasteiger partial charge in [-0.05, 0) is 123 Å². The van der Waals surface area contributed by atoms with Crippen LogP contribution >= 0.6 is 0 Å². The first-order valence-corrected chi connectivity index (χ1v) is 21.5. The van der Waals surface area contributed by atoms with Crippen LogP contribution in [0.5, 0.6) is 0 Å². The maximum atomic E-state index is 6.32. The van der Waals surface area contributed by atoms with Gasteiger partial charge in [0.2, 0.25) is 0 Å². The minimum absolute atomic E-state index is 0.889. The Morgan fingerprint density at radius 1 is 0.302 bits per heavy atom. The molecule has 0 spiro atoms. The molecule has 10 aromatic carbocycles. The van der Waals surface area contributed by atoms with Crippen molar-refractivity contribution in [2.45, 2.75) is 0 Å². The molecule has 3 heteroatoms. The molecule has 296 valence electrons. The Bertz CT molecular complexity index is 3560. The van der Waals surface area contributed by atoms with Crippen molar-refractivity contribution in [3.63, 3.8) is 0 Å². The molecular formula is C60H40N2O. The zero-order chi connectivity index (χ0) is 41.7. The fourth-order valence-electron chi connectivity index (χ4n) is 9.42. The molecule has 0 radical (unpaired) electrons. The summed E-state index contributed by atoms with van der Waals surface area (Å²) in [5.41, 5.74) is 17.9. The SMILES string of the molecule is c1ccc(-c2cccc(-c3cccc(N(c4ccc(-c5ccc(-n6c7ccccc7c7ccccc76)cc5)cc4)c4cccc(-c5cccc6oc7ccccc7c56)c4)c3)c2)cc1. The van der Waals surface area contributed by atoms with Crippen LogP contribution in [-0.4, -0.2) is 4.57 Å². The standard InChI is InChI=1S/C60H40N2O/c1-2-14-41(15-3-1)44-16-10-17-45(38-44)46-18-11-20-50(39-46)61(51-21-12-19-47(40-51)52-25-13-29-59-60(52)55-24-6-9-28-58(55)63-59)48-34-30-42(31-35-48)43-32-36-49(37-33-43)62-56-26-7-4-22-53(56)54-23-5-8-27-57(54)62/h1-40H. The molecule has 0 unspecified atom stereocenters. The average molecular weight is 805 g/mol. The Labute approximate surface area is 366 Å². The molecule has 0 bridgehead atoms.